The van der Waals surface area contributed by atoms with E-state index in [1.165, 1.54) is 0 Å². The fraction of sp³-hybridized carbons (Fsp3) is 0.333. The molecule has 1 aliphatic heterocycles. The van der Waals surface area contributed by atoms with Crippen LogP contribution in [-0.4, -0.2) is 48.1 Å². The number of benzene rings is 2. The van der Waals surface area contributed by atoms with Crippen molar-refractivity contribution in [3.05, 3.63) is 75.6 Å². The molecule has 0 spiro atoms. The van der Waals surface area contributed by atoms with Crippen LogP contribution in [0.25, 0.3) is 11.5 Å². The summed E-state index contributed by atoms with van der Waals surface area (Å²) in [6.07, 6.45) is 0.0933. The number of amides is 1. The number of morpholine rings is 1. The van der Waals surface area contributed by atoms with Gasteiger partial charge in [0.25, 0.3) is 0 Å². The summed E-state index contributed by atoms with van der Waals surface area (Å²) in [6.45, 7) is 5.19. The summed E-state index contributed by atoms with van der Waals surface area (Å²) in [6, 6.07) is 15.3. The standard InChI is InChI=1S/C24H25Cl2N3O3/c1-16-22(28-24(32-16)18-5-3-2-4-6-18)12-23(30)27-13-19-15-29(9-10-31-19)14-17-7-8-20(25)21(26)11-17/h2-8,11,19H,9-10,12-15H2,1H3,(H,27,30)/t19-/m1/s1. The number of ether oxygens (including phenoxy) is 1. The van der Waals surface area contributed by atoms with Gasteiger partial charge in [-0.25, -0.2) is 4.98 Å². The first kappa shape index (κ1) is 22.8. The molecular weight excluding hydrogens is 449 g/mol. The largest absolute Gasteiger partial charge is 0.441 e. The molecule has 3 aromatic rings. The van der Waals surface area contributed by atoms with Crippen LogP contribution in [0.1, 0.15) is 17.0 Å². The maximum atomic E-state index is 12.5. The van der Waals surface area contributed by atoms with E-state index in [-0.39, 0.29) is 18.4 Å². The second-order valence-electron chi connectivity index (χ2n) is 7.85. The van der Waals surface area contributed by atoms with Crippen LogP contribution in [0.2, 0.25) is 10.0 Å². The van der Waals surface area contributed by atoms with Crippen LogP contribution in [0.5, 0.6) is 0 Å². The van der Waals surface area contributed by atoms with Gasteiger partial charge < -0.3 is 14.5 Å². The number of carbonyl (C=O) groups is 1. The zero-order valence-electron chi connectivity index (χ0n) is 17.8. The average Bonchev–Trinajstić information content (AvgIpc) is 3.16. The normalized spacial score (nSPS) is 16.8. The summed E-state index contributed by atoms with van der Waals surface area (Å²) in [7, 11) is 0. The number of nitrogens with zero attached hydrogens (tertiary/aromatic N) is 2. The minimum absolute atomic E-state index is 0.0752. The molecule has 1 N–H and O–H groups in total. The van der Waals surface area contributed by atoms with Crippen LogP contribution < -0.4 is 5.32 Å². The quantitative estimate of drug-likeness (QED) is 0.546. The van der Waals surface area contributed by atoms with Crippen molar-refractivity contribution in [1.82, 2.24) is 15.2 Å². The van der Waals surface area contributed by atoms with Gasteiger partial charge in [-0.05, 0) is 36.8 Å². The highest BCUT2D eigenvalue weighted by Gasteiger charge is 2.22. The van der Waals surface area contributed by atoms with Gasteiger partial charge in [0.1, 0.15) is 5.76 Å². The Morgan fingerprint density at radius 1 is 1.19 bits per heavy atom. The van der Waals surface area contributed by atoms with E-state index in [2.05, 4.69) is 15.2 Å². The number of aryl methyl sites for hydroxylation is 1. The molecule has 32 heavy (non-hydrogen) atoms. The average molecular weight is 474 g/mol. The molecule has 2 heterocycles. The molecule has 1 atom stereocenters. The molecule has 1 amide bonds. The van der Waals surface area contributed by atoms with Crippen LogP contribution in [-0.2, 0) is 22.5 Å². The van der Waals surface area contributed by atoms with Crippen molar-refractivity contribution in [2.24, 2.45) is 0 Å². The Labute approximate surface area is 197 Å². The molecule has 0 saturated carbocycles. The van der Waals surface area contributed by atoms with Gasteiger partial charge in [0.15, 0.2) is 0 Å². The van der Waals surface area contributed by atoms with Gasteiger partial charge in [-0.3, -0.25) is 9.69 Å². The van der Waals surface area contributed by atoms with Gasteiger partial charge in [-0.15, -0.1) is 0 Å². The summed E-state index contributed by atoms with van der Waals surface area (Å²) < 4.78 is 11.6. The highest BCUT2D eigenvalue weighted by Crippen LogP contribution is 2.24. The topological polar surface area (TPSA) is 67.6 Å². The van der Waals surface area contributed by atoms with Gasteiger partial charge >= 0.3 is 0 Å². The summed E-state index contributed by atoms with van der Waals surface area (Å²) in [4.78, 5) is 19.3. The fourth-order valence-corrected chi connectivity index (χ4v) is 4.00. The Hall–Kier alpha value is -2.38. The molecule has 6 nitrogen and oxygen atoms in total. The molecule has 2 aromatic carbocycles. The number of nitrogens with one attached hydrogen (secondary N) is 1. The van der Waals surface area contributed by atoms with Crippen LogP contribution in [0.3, 0.4) is 0 Å². The van der Waals surface area contributed by atoms with Gasteiger partial charge in [-0.1, -0.05) is 47.5 Å². The minimum atomic E-state index is -0.105. The Balaban J connectivity index is 1.27. The predicted octanol–water partition coefficient (Wildman–Crippen LogP) is 4.52. The van der Waals surface area contributed by atoms with Gasteiger partial charge in [0, 0.05) is 31.7 Å². The van der Waals surface area contributed by atoms with Crippen molar-refractivity contribution >= 4 is 29.1 Å². The zero-order valence-corrected chi connectivity index (χ0v) is 19.3. The molecule has 4 rings (SSSR count). The van der Waals surface area contributed by atoms with Crippen LogP contribution in [0.4, 0.5) is 0 Å². The van der Waals surface area contributed by atoms with Crippen LogP contribution in [0, 0.1) is 6.92 Å². The van der Waals surface area contributed by atoms with E-state index in [1.54, 1.807) is 0 Å². The summed E-state index contributed by atoms with van der Waals surface area (Å²) in [5, 5.41) is 4.07. The number of oxazole rings is 1. The Bertz CT molecular complexity index is 1070. The third-order valence-electron chi connectivity index (χ3n) is 5.38. The number of rotatable bonds is 7. The Morgan fingerprint density at radius 3 is 2.78 bits per heavy atom. The van der Waals surface area contributed by atoms with Crippen molar-refractivity contribution in [3.8, 4) is 11.5 Å². The molecule has 1 aromatic heterocycles. The minimum Gasteiger partial charge on any atom is -0.441 e. The van der Waals surface area contributed by atoms with Gasteiger partial charge in [-0.2, -0.15) is 0 Å². The number of halogens is 2. The van der Waals surface area contributed by atoms with Crippen molar-refractivity contribution in [3.63, 3.8) is 0 Å². The molecule has 0 unspecified atom stereocenters. The molecular formula is C24H25Cl2N3O3. The monoisotopic (exact) mass is 473 g/mol. The third-order valence-corrected chi connectivity index (χ3v) is 6.12. The van der Waals surface area contributed by atoms with Crippen molar-refractivity contribution in [2.45, 2.75) is 26.0 Å². The lowest BCUT2D eigenvalue weighted by molar-refractivity contribution is -0.121. The first-order valence-electron chi connectivity index (χ1n) is 10.5. The van der Waals surface area contributed by atoms with E-state index in [0.29, 0.717) is 40.5 Å². The Kier molecular flexibility index (Phi) is 7.48. The lowest BCUT2D eigenvalue weighted by atomic mass is 10.2. The predicted molar refractivity (Wildman–Crippen MR) is 125 cm³/mol. The van der Waals surface area contributed by atoms with E-state index < -0.39 is 0 Å². The second kappa shape index (κ2) is 10.5. The van der Waals surface area contributed by atoms with Crippen molar-refractivity contribution < 1.29 is 13.9 Å². The smallest absolute Gasteiger partial charge is 0.226 e. The van der Waals surface area contributed by atoms with Crippen molar-refractivity contribution in [1.29, 1.82) is 0 Å². The number of hydrogen-bond acceptors (Lipinski definition) is 5. The Morgan fingerprint density at radius 2 is 2.00 bits per heavy atom. The molecule has 0 bridgehead atoms. The highest BCUT2D eigenvalue weighted by molar-refractivity contribution is 6.42. The third kappa shape index (κ3) is 5.90. The van der Waals surface area contributed by atoms with Gasteiger partial charge in [0.05, 0.1) is 34.9 Å². The van der Waals surface area contributed by atoms with E-state index in [1.807, 2.05) is 55.5 Å². The first-order chi connectivity index (χ1) is 15.5. The summed E-state index contributed by atoms with van der Waals surface area (Å²) in [5.74, 6) is 1.08. The first-order valence-corrected chi connectivity index (χ1v) is 11.3. The highest BCUT2D eigenvalue weighted by atomic mass is 35.5. The molecule has 0 radical (unpaired) electrons. The molecule has 0 aliphatic carbocycles. The molecule has 168 valence electrons. The number of hydrogen-bond donors (Lipinski definition) is 1. The van der Waals surface area contributed by atoms with E-state index in [4.69, 9.17) is 32.4 Å². The van der Waals surface area contributed by atoms with Gasteiger partial charge in [0.2, 0.25) is 11.8 Å². The molecule has 8 heteroatoms. The second-order valence-corrected chi connectivity index (χ2v) is 8.66. The maximum absolute atomic E-state index is 12.5. The van der Waals surface area contributed by atoms with E-state index in [9.17, 15) is 4.79 Å². The maximum Gasteiger partial charge on any atom is 0.226 e. The zero-order chi connectivity index (χ0) is 22.5. The molecule has 1 fully saturated rings. The lowest BCUT2D eigenvalue weighted by Gasteiger charge is -2.33. The van der Waals surface area contributed by atoms with E-state index >= 15 is 0 Å². The number of carbonyl (C=O) groups excluding carboxylic acids is 1. The lowest BCUT2D eigenvalue weighted by Crippen LogP contribution is -2.47. The molecule has 1 aliphatic rings. The fourth-order valence-electron chi connectivity index (χ4n) is 3.68. The summed E-state index contributed by atoms with van der Waals surface area (Å²) >= 11 is 12.1. The van der Waals surface area contributed by atoms with Crippen LogP contribution in [0.15, 0.2) is 52.9 Å². The molecule has 1 saturated heterocycles. The van der Waals surface area contributed by atoms with Crippen molar-refractivity contribution in [2.75, 3.05) is 26.2 Å². The van der Waals surface area contributed by atoms with Crippen LogP contribution >= 0.6 is 23.2 Å². The van der Waals surface area contributed by atoms with E-state index in [0.717, 1.165) is 30.8 Å². The SMILES string of the molecule is Cc1oc(-c2ccccc2)nc1CC(=O)NC[C@@H]1CN(Cc2ccc(Cl)c(Cl)c2)CCO1. The number of aromatic nitrogens is 1. The summed E-state index contributed by atoms with van der Waals surface area (Å²) in [5.41, 5.74) is 2.63.